The van der Waals surface area contributed by atoms with Gasteiger partial charge in [-0.1, -0.05) is 0 Å². The van der Waals surface area contributed by atoms with Gasteiger partial charge in [-0.2, -0.15) is 0 Å². The van der Waals surface area contributed by atoms with E-state index in [0.717, 1.165) is 12.0 Å². The summed E-state index contributed by atoms with van der Waals surface area (Å²) in [5.41, 5.74) is 0.731. The van der Waals surface area contributed by atoms with Crippen LogP contribution >= 0.6 is 0 Å². The number of benzene rings is 1. The van der Waals surface area contributed by atoms with Crippen LogP contribution in [-0.4, -0.2) is 54.8 Å². The molecular formula is C17H22N2O6. The lowest BCUT2D eigenvalue weighted by molar-refractivity contribution is -0.128. The first-order valence-electron chi connectivity index (χ1n) is 7.47. The molecule has 0 fully saturated rings. The average Bonchev–Trinajstić information content (AvgIpc) is 2.92. The van der Waals surface area contributed by atoms with E-state index in [1.807, 2.05) is 0 Å². The summed E-state index contributed by atoms with van der Waals surface area (Å²) in [6, 6.07) is 7.12. The zero-order chi connectivity index (χ0) is 18.8. The second-order valence-corrected chi connectivity index (χ2v) is 4.85. The smallest absolute Gasteiger partial charge is 0.293 e. The van der Waals surface area contributed by atoms with Crippen LogP contribution in [0.4, 0.5) is 5.82 Å². The second kappa shape index (κ2) is 9.86. The van der Waals surface area contributed by atoms with Crippen LogP contribution in [0.5, 0.6) is 17.2 Å². The zero-order valence-corrected chi connectivity index (χ0v) is 14.4. The average molecular weight is 350 g/mol. The van der Waals surface area contributed by atoms with E-state index in [4.69, 9.17) is 4.74 Å². The summed E-state index contributed by atoms with van der Waals surface area (Å²) in [5, 5.41) is 19.6. The lowest BCUT2D eigenvalue weighted by Crippen LogP contribution is -2.22. The molecule has 8 heteroatoms. The Morgan fingerprint density at radius 3 is 2.28 bits per heavy atom. The highest BCUT2D eigenvalue weighted by Gasteiger charge is 2.19. The molecule has 0 saturated carbocycles. The third kappa shape index (κ3) is 5.17. The second-order valence-electron chi connectivity index (χ2n) is 4.85. The number of aldehydes is 1. The minimum absolute atomic E-state index is 0.104. The Morgan fingerprint density at radius 2 is 1.84 bits per heavy atom. The van der Waals surface area contributed by atoms with Gasteiger partial charge in [0.2, 0.25) is 5.75 Å². The van der Waals surface area contributed by atoms with E-state index in [9.17, 15) is 19.8 Å². The van der Waals surface area contributed by atoms with Crippen molar-refractivity contribution < 1.29 is 29.3 Å². The molecule has 2 rings (SSSR count). The van der Waals surface area contributed by atoms with Gasteiger partial charge in [-0.05, 0) is 31.2 Å². The molecule has 2 aromatic rings. The van der Waals surface area contributed by atoms with Gasteiger partial charge in [0.15, 0.2) is 11.6 Å². The molecule has 0 amide bonds. The standard InChI is InChI=1S/C14H16N2O4.C3H6O2/c1-15(7-8-17)14-13(19)12(18)9-16(14)10-3-5-11(20-2)6-4-10;1-2-5-3-4/h3-6,8-9,18-19H,7H2,1-2H3;3H,2H2,1H3. The summed E-state index contributed by atoms with van der Waals surface area (Å²) in [6.07, 6.45) is 2.12. The number of anilines is 1. The number of hydrogen-bond donors (Lipinski definition) is 2. The molecule has 0 aliphatic heterocycles. The fourth-order valence-corrected chi connectivity index (χ4v) is 2.04. The first-order chi connectivity index (χ1) is 12.0. The van der Waals surface area contributed by atoms with Crippen molar-refractivity contribution in [2.75, 3.05) is 32.2 Å². The summed E-state index contributed by atoms with van der Waals surface area (Å²) >= 11 is 0. The summed E-state index contributed by atoms with van der Waals surface area (Å²) in [4.78, 5) is 21.4. The largest absolute Gasteiger partial charge is 0.503 e. The SMILES string of the molecule is CCOC=O.COc1ccc(-n2cc(O)c(O)c2N(C)CC=O)cc1. The quantitative estimate of drug-likeness (QED) is 0.733. The molecule has 0 radical (unpaired) electrons. The fourth-order valence-electron chi connectivity index (χ4n) is 2.04. The predicted molar refractivity (Wildman–Crippen MR) is 92.7 cm³/mol. The molecule has 0 atom stereocenters. The third-order valence-corrected chi connectivity index (χ3v) is 3.23. The van der Waals surface area contributed by atoms with E-state index in [1.54, 1.807) is 54.8 Å². The van der Waals surface area contributed by atoms with E-state index < -0.39 is 0 Å². The maximum Gasteiger partial charge on any atom is 0.293 e. The summed E-state index contributed by atoms with van der Waals surface area (Å²) < 4.78 is 10.8. The molecule has 0 aliphatic rings. The number of carbonyl (C=O) groups excluding carboxylic acids is 2. The Labute approximate surface area is 145 Å². The number of methoxy groups -OCH3 is 1. The number of likely N-dealkylation sites (N-methyl/N-ethyl adjacent to an activating group) is 1. The summed E-state index contributed by atoms with van der Waals surface area (Å²) in [6.45, 7) is 2.77. The first-order valence-corrected chi connectivity index (χ1v) is 7.47. The molecule has 1 heterocycles. The van der Waals surface area contributed by atoms with E-state index in [0.29, 0.717) is 24.6 Å². The molecule has 0 unspecified atom stereocenters. The van der Waals surface area contributed by atoms with Crippen molar-refractivity contribution in [3.8, 4) is 22.9 Å². The van der Waals surface area contributed by atoms with Crippen molar-refractivity contribution in [1.29, 1.82) is 0 Å². The van der Waals surface area contributed by atoms with Crippen molar-refractivity contribution in [3.63, 3.8) is 0 Å². The van der Waals surface area contributed by atoms with Crippen molar-refractivity contribution in [1.82, 2.24) is 4.57 Å². The Hall–Kier alpha value is -3.16. The Morgan fingerprint density at radius 1 is 1.20 bits per heavy atom. The molecule has 0 bridgehead atoms. The molecule has 0 spiro atoms. The van der Waals surface area contributed by atoms with Crippen LogP contribution < -0.4 is 9.64 Å². The lowest BCUT2D eigenvalue weighted by Gasteiger charge is -2.19. The molecule has 0 saturated heterocycles. The number of hydrogen-bond acceptors (Lipinski definition) is 7. The van der Waals surface area contributed by atoms with Crippen LogP contribution in [-0.2, 0) is 14.3 Å². The van der Waals surface area contributed by atoms with Gasteiger partial charge in [0.05, 0.1) is 26.5 Å². The van der Waals surface area contributed by atoms with Crippen LogP contribution in [0.1, 0.15) is 6.92 Å². The van der Waals surface area contributed by atoms with Gasteiger partial charge < -0.3 is 29.4 Å². The molecule has 1 aromatic heterocycles. The van der Waals surface area contributed by atoms with E-state index >= 15 is 0 Å². The first kappa shape index (κ1) is 19.9. The van der Waals surface area contributed by atoms with Crippen LogP contribution in [0.3, 0.4) is 0 Å². The molecule has 2 N–H and O–H groups in total. The highest BCUT2D eigenvalue weighted by molar-refractivity contribution is 5.68. The lowest BCUT2D eigenvalue weighted by atomic mass is 10.3. The number of rotatable bonds is 7. The van der Waals surface area contributed by atoms with Gasteiger partial charge >= 0.3 is 0 Å². The monoisotopic (exact) mass is 350 g/mol. The molecule has 0 aliphatic carbocycles. The molecule has 25 heavy (non-hydrogen) atoms. The van der Waals surface area contributed by atoms with E-state index in [2.05, 4.69) is 4.74 Å². The van der Waals surface area contributed by atoms with Crippen molar-refractivity contribution in [3.05, 3.63) is 30.5 Å². The van der Waals surface area contributed by atoms with E-state index in [1.165, 1.54) is 6.20 Å². The van der Waals surface area contributed by atoms with Gasteiger partial charge in [-0.25, -0.2) is 0 Å². The van der Waals surface area contributed by atoms with E-state index in [-0.39, 0.29) is 18.0 Å². The highest BCUT2D eigenvalue weighted by atomic mass is 16.5. The molecule has 1 aromatic carbocycles. The number of ether oxygens (including phenoxy) is 2. The van der Waals surface area contributed by atoms with Crippen molar-refractivity contribution >= 4 is 18.6 Å². The van der Waals surface area contributed by atoms with Gasteiger partial charge in [0.1, 0.15) is 12.0 Å². The Bertz CT molecular complexity index is 681. The normalized spacial score (nSPS) is 9.56. The van der Waals surface area contributed by atoms with Crippen LogP contribution in [0.25, 0.3) is 5.69 Å². The van der Waals surface area contributed by atoms with Crippen molar-refractivity contribution in [2.24, 2.45) is 0 Å². The Balaban J connectivity index is 0.000000550. The highest BCUT2D eigenvalue weighted by Crippen LogP contribution is 2.39. The zero-order valence-electron chi connectivity index (χ0n) is 14.4. The summed E-state index contributed by atoms with van der Waals surface area (Å²) in [7, 11) is 3.23. The van der Waals surface area contributed by atoms with Gasteiger partial charge in [0.25, 0.3) is 6.47 Å². The summed E-state index contributed by atoms with van der Waals surface area (Å²) in [5.74, 6) is 0.552. The maximum atomic E-state index is 10.6. The van der Waals surface area contributed by atoms with Gasteiger partial charge in [0, 0.05) is 12.7 Å². The van der Waals surface area contributed by atoms with Crippen LogP contribution in [0.15, 0.2) is 30.5 Å². The van der Waals surface area contributed by atoms with Crippen molar-refractivity contribution in [2.45, 2.75) is 6.92 Å². The maximum absolute atomic E-state index is 10.6. The predicted octanol–water partition coefficient (Wildman–Crippen LogP) is 1.71. The Kier molecular flexibility index (Phi) is 7.85. The molecular weight excluding hydrogens is 328 g/mol. The topological polar surface area (TPSA) is 101 Å². The minimum atomic E-state index is -0.259. The van der Waals surface area contributed by atoms with Crippen LogP contribution in [0, 0.1) is 0 Å². The number of aromatic nitrogens is 1. The fraction of sp³-hybridized carbons (Fsp3) is 0.294. The third-order valence-electron chi connectivity index (χ3n) is 3.23. The number of aromatic hydroxyl groups is 2. The minimum Gasteiger partial charge on any atom is -0.503 e. The van der Waals surface area contributed by atoms with Gasteiger partial charge in [-0.15, -0.1) is 0 Å². The van der Waals surface area contributed by atoms with Crippen LogP contribution in [0.2, 0.25) is 0 Å². The molecule has 136 valence electrons. The number of carbonyl (C=O) groups is 2. The van der Waals surface area contributed by atoms with Gasteiger partial charge in [-0.3, -0.25) is 9.36 Å². The molecule has 8 nitrogen and oxygen atoms in total. The number of nitrogens with zero attached hydrogens (tertiary/aromatic N) is 2.